The maximum atomic E-state index is 5.90. The third-order valence-corrected chi connectivity index (χ3v) is 3.13. The van der Waals surface area contributed by atoms with E-state index in [1.54, 1.807) is 18.5 Å². The van der Waals surface area contributed by atoms with Crippen LogP contribution in [0.2, 0.25) is 5.02 Å². The van der Waals surface area contributed by atoms with Crippen LogP contribution in [0.1, 0.15) is 11.5 Å². The Morgan fingerprint density at radius 3 is 2.76 bits per heavy atom. The molecule has 0 amide bonds. The van der Waals surface area contributed by atoms with Gasteiger partial charge in [-0.2, -0.15) is 4.98 Å². The normalized spacial score (nSPS) is 10.6. The Hall–Kier alpha value is -2.40. The largest absolute Gasteiger partial charge is 0.483 e. The molecule has 1 aromatic carbocycles. The summed E-state index contributed by atoms with van der Waals surface area (Å²) < 4.78 is 10.8. The van der Waals surface area contributed by atoms with Gasteiger partial charge >= 0.3 is 0 Å². The van der Waals surface area contributed by atoms with E-state index in [4.69, 9.17) is 20.9 Å². The molecule has 0 aliphatic heterocycles. The fourth-order valence-electron chi connectivity index (χ4n) is 1.85. The summed E-state index contributed by atoms with van der Waals surface area (Å²) in [6.07, 6.45) is 3.36. The van der Waals surface area contributed by atoms with Gasteiger partial charge in [-0.3, -0.25) is 4.98 Å². The first-order valence-corrected chi connectivity index (χ1v) is 6.72. The lowest BCUT2D eigenvalue weighted by molar-refractivity contribution is 0.242. The highest BCUT2D eigenvalue weighted by Crippen LogP contribution is 2.23. The van der Waals surface area contributed by atoms with Gasteiger partial charge in [0.05, 0.1) is 0 Å². The molecule has 106 valence electrons. The van der Waals surface area contributed by atoms with Gasteiger partial charge in [-0.25, -0.2) is 0 Å². The third kappa shape index (κ3) is 3.20. The van der Waals surface area contributed by atoms with Crippen molar-refractivity contribution in [2.75, 3.05) is 0 Å². The third-order valence-electron chi connectivity index (χ3n) is 2.89. The van der Waals surface area contributed by atoms with Crippen LogP contribution in [-0.4, -0.2) is 15.1 Å². The lowest BCUT2D eigenvalue weighted by atomic mass is 10.2. The van der Waals surface area contributed by atoms with Gasteiger partial charge < -0.3 is 9.26 Å². The van der Waals surface area contributed by atoms with Gasteiger partial charge in [-0.05, 0) is 42.8 Å². The van der Waals surface area contributed by atoms with Crippen molar-refractivity contribution in [2.45, 2.75) is 13.5 Å². The predicted molar refractivity (Wildman–Crippen MR) is 78.1 cm³/mol. The van der Waals surface area contributed by atoms with E-state index in [9.17, 15) is 0 Å². The smallest absolute Gasteiger partial charge is 0.264 e. The molecule has 2 heterocycles. The summed E-state index contributed by atoms with van der Waals surface area (Å²) in [5.74, 6) is 1.67. The average molecular weight is 302 g/mol. The molecule has 0 saturated heterocycles. The second kappa shape index (κ2) is 5.93. The molecule has 0 bridgehead atoms. The molecule has 0 N–H and O–H groups in total. The predicted octanol–water partition coefficient (Wildman–Crippen LogP) is 3.67. The molecular formula is C15H12ClN3O2. The van der Waals surface area contributed by atoms with Crippen molar-refractivity contribution in [1.82, 2.24) is 15.1 Å². The van der Waals surface area contributed by atoms with E-state index < -0.39 is 0 Å². The summed E-state index contributed by atoms with van der Waals surface area (Å²) in [4.78, 5) is 8.23. The van der Waals surface area contributed by atoms with Gasteiger partial charge in [-0.1, -0.05) is 16.8 Å². The lowest BCUT2D eigenvalue weighted by Crippen LogP contribution is -1.97. The van der Waals surface area contributed by atoms with E-state index in [2.05, 4.69) is 15.1 Å². The Kier molecular flexibility index (Phi) is 3.83. The molecule has 0 saturated carbocycles. The summed E-state index contributed by atoms with van der Waals surface area (Å²) in [7, 11) is 0. The van der Waals surface area contributed by atoms with Crippen molar-refractivity contribution in [3.05, 3.63) is 59.2 Å². The standard InChI is InChI=1S/C15H12ClN3O2/c1-10-8-12(16)2-3-13(10)20-9-14-18-15(19-21-14)11-4-6-17-7-5-11/h2-8H,9H2,1H3. The first kappa shape index (κ1) is 13.6. The van der Waals surface area contributed by atoms with E-state index in [1.807, 2.05) is 31.2 Å². The quantitative estimate of drug-likeness (QED) is 0.735. The number of aryl methyl sites for hydroxylation is 1. The van der Waals surface area contributed by atoms with E-state index in [0.717, 1.165) is 16.9 Å². The van der Waals surface area contributed by atoms with E-state index in [1.165, 1.54) is 0 Å². The SMILES string of the molecule is Cc1cc(Cl)ccc1OCc1nc(-c2ccncc2)no1. The first-order chi connectivity index (χ1) is 10.2. The number of aromatic nitrogens is 3. The molecule has 0 spiro atoms. The van der Waals surface area contributed by atoms with E-state index in [-0.39, 0.29) is 6.61 Å². The molecule has 2 aromatic heterocycles. The van der Waals surface area contributed by atoms with Crippen molar-refractivity contribution in [2.24, 2.45) is 0 Å². The Bertz CT molecular complexity index is 744. The van der Waals surface area contributed by atoms with Crippen molar-refractivity contribution >= 4 is 11.6 Å². The molecule has 0 unspecified atom stereocenters. The summed E-state index contributed by atoms with van der Waals surface area (Å²) in [6, 6.07) is 9.07. The van der Waals surface area contributed by atoms with Crippen LogP contribution in [-0.2, 0) is 6.61 Å². The van der Waals surface area contributed by atoms with Gasteiger partial charge in [0.1, 0.15) is 5.75 Å². The van der Waals surface area contributed by atoms with Crippen LogP contribution in [0, 0.1) is 6.92 Å². The van der Waals surface area contributed by atoms with Gasteiger partial charge in [0.15, 0.2) is 6.61 Å². The number of pyridine rings is 1. The molecule has 0 atom stereocenters. The number of hydrogen-bond donors (Lipinski definition) is 0. The van der Waals surface area contributed by atoms with Crippen LogP contribution in [0.15, 0.2) is 47.2 Å². The second-order valence-corrected chi connectivity index (χ2v) is 4.88. The minimum Gasteiger partial charge on any atom is -0.483 e. The fraction of sp³-hybridized carbons (Fsp3) is 0.133. The molecule has 0 fully saturated rings. The number of nitrogens with zero attached hydrogens (tertiary/aromatic N) is 3. The van der Waals surface area contributed by atoms with Gasteiger partial charge in [0, 0.05) is 23.0 Å². The second-order valence-electron chi connectivity index (χ2n) is 4.45. The van der Waals surface area contributed by atoms with Gasteiger partial charge in [0.25, 0.3) is 5.89 Å². The summed E-state index contributed by atoms with van der Waals surface area (Å²) in [5, 5.41) is 4.60. The van der Waals surface area contributed by atoms with Crippen LogP contribution in [0.4, 0.5) is 0 Å². The highest BCUT2D eigenvalue weighted by molar-refractivity contribution is 6.30. The van der Waals surface area contributed by atoms with Crippen LogP contribution in [0.25, 0.3) is 11.4 Å². The number of rotatable bonds is 4. The topological polar surface area (TPSA) is 61.0 Å². The zero-order chi connectivity index (χ0) is 14.7. The van der Waals surface area contributed by atoms with Crippen LogP contribution < -0.4 is 4.74 Å². The molecular weight excluding hydrogens is 290 g/mol. The Morgan fingerprint density at radius 2 is 2.00 bits per heavy atom. The van der Waals surface area contributed by atoms with Gasteiger partial charge in [-0.15, -0.1) is 0 Å². The average Bonchev–Trinajstić information content (AvgIpc) is 2.96. The maximum absolute atomic E-state index is 5.90. The van der Waals surface area contributed by atoms with E-state index in [0.29, 0.717) is 16.7 Å². The molecule has 0 aliphatic rings. The van der Waals surface area contributed by atoms with Crippen molar-refractivity contribution in [1.29, 1.82) is 0 Å². The summed E-state index contributed by atoms with van der Waals surface area (Å²) in [6.45, 7) is 2.14. The Morgan fingerprint density at radius 1 is 1.19 bits per heavy atom. The molecule has 5 nitrogen and oxygen atoms in total. The zero-order valence-corrected chi connectivity index (χ0v) is 12.0. The number of benzene rings is 1. The van der Waals surface area contributed by atoms with Crippen molar-refractivity contribution in [3.63, 3.8) is 0 Å². The monoisotopic (exact) mass is 301 g/mol. The highest BCUT2D eigenvalue weighted by Gasteiger charge is 2.09. The molecule has 0 aliphatic carbocycles. The van der Waals surface area contributed by atoms with Crippen molar-refractivity contribution < 1.29 is 9.26 Å². The zero-order valence-electron chi connectivity index (χ0n) is 11.3. The number of hydrogen-bond acceptors (Lipinski definition) is 5. The first-order valence-electron chi connectivity index (χ1n) is 6.34. The maximum Gasteiger partial charge on any atom is 0.264 e. The molecule has 3 aromatic rings. The minimum absolute atomic E-state index is 0.209. The van der Waals surface area contributed by atoms with Crippen LogP contribution >= 0.6 is 11.6 Å². The Labute approximate surface area is 126 Å². The summed E-state index contributed by atoms with van der Waals surface area (Å²) >= 11 is 5.90. The number of halogens is 1. The van der Waals surface area contributed by atoms with E-state index >= 15 is 0 Å². The highest BCUT2D eigenvalue weighted by atomic mass is 35.5. The minimum atomic E-state index is 0.209. The Balaban J connectivity index is 1.70. The lowest BCUT2D eigenvalue weighted by Gasteiger charge is -2.06. The fourth-order valence-corrected chi connectivity index (χ4v) is 2.07. The molecule has 21 heavy (non-hydrogen) atoms. The van der Waals surface area contributed by atoms with Gasteiger partial charge in [0.2, 0.25) is 5.82 Å². The van der Waals surface area contributed by atoms with Crippen LogP contribution in [0.3, 0.4) is 0 Å². The molecule has 0 radical (unpaired) electrons. The van der Waals surface area contributed by atoms with Crippen LogP contribution in [0.5, 0.6) is 5.75 Å². The van der Waals surface area contributed by atoms with Crippen molar-refractivity contribution in [3.8, 4) is 17.1 Å². The molecule has 3 rings (SSSR count). The number of ether oxygens (including phenoxy) is 1. The molecule has 6 heteroatoms. The summed E-state index contributed by atoms with van der Waals surface area (Å²) in [5.41, 5.74) is 1.80.